The Kier molecular flexibility index (Phi) is 11.8. The fraction of sp³-hybridized carbons (Fsp3) is 0.315. The maximum atomic E-state index is 4.18. The van der Waals surface area contributed by atoms with E-state index in [9.17, 15) is 0 Å². The highest BCUT2D eigenvalue weighted by atomic mass is 32.1. The van der Waals surface area contributed by atoms with Gasteiger partial charge in [0.25, 0.3) is 6.71 Å². The number of rotatable bonds is 7. The van der Waals surface area contributed by atoms with Gasteiger partial charge in [0.05, 0.1) is 17.1 Å². The van der Waals surface area contributed by atoms with E-state index in [2.05, 4.69) is 269 Å². The van der Waals surface area contributed by atoms with Crippen molar-refractivity contribution in [1.82, 2.24) is 0 Å². The molecule has 0 radical (unpaired) electrons. The van der Waals surface area contributed by atoms with E-state index in [0.717, 1.165) is 29.9 Å². The summed E-state index contributed by atoms with van der Waals surface area (Å²) in [5.74, 6) is 0. The first-order valence-electron chi connectivity index (χ1n) is 28.9. The Morgan fingerprint density at radius 3 is 1.91 bits per heavy atom. The predicted octanol–water partition coefficient (Wildman–Crippen LogP) is 19.8. The maximum Gasteiger partial charge on any atom is 0.264 e. The molecule has 0 fully saturated rings. The van der Waals surface area contributed by atoms with Gasteiger partial charge in [-0.15, -0.1) is 22.7 Å². The minimum atomic E-state index is -0.0756. The number of fused-ring (bicyclic) bond motifs is 11. The first-order valence-corrected chi connectivity index (χ1v) is 30.5. The summed E-state index contributed by atoms with van der Waals surface area (Å²) in [7, 11) is 0. The van der Waals surface area contributed by atoms with Crippen LogP contribution in [0.25, 0.3) is 30.3 Å². The summed E-state index contributed by atoms with van der Waals surface area (Å²) >= 11 is 3.95. The molecule has 2 aromatic heterocycles. The molecule has 4 heterocycles. The van der Waals surface area contributed by atoms with Crippen LogP contribution >= 0.6 is 22.7 Å². The van der Waals surface area contributed by atoms with Gasteiger partial charge in [-0.05, 0) is 191 Å². The highest BCUT2D eigenvalue weighted by molar-refractivity contribution is 7.33. The van der Waals surface area contributed by atoms with Crippen molar-refractivity contribution in [3.05, 3.63) is 197 Å². The number of nitrogens with zero attached hydrogens (tertiary/aromatic N) is 3. The average Bonchev–Trinajstić information content (AvgIpc) is 3.44. The molecule has 7 aromatic carbocycles. The van der Waals surface area contributed by atoms with Crippen molar-refractivity contribution in [2.24, 2.45) is 0 Å². The third-order valence-electron chi connectivity index (χ3n) is 19.0. The fourth-order valence-corrected chi connectivity index (χ4v) is 16.6. The summed E-state index contributed by atoms with van der Waals surface area (Å²) in [6.07, 6.45) is 10.9. The second-order valence-electron chi connectivity index (χ2n) is 27.3. The largest absolute Gasteiger partial charge is 0.311 e. The number of para-hydroxylation sites is 1. The van der Waals surface area contributed by atoms with Crippen LogP contribution in [0.3, 0.4) is 0 Å². The summed E-state index contributed by atoms with van der Waals surface area (Å²) < 4.78 is 5.40. The van der Waals surface area contributed by atoms with Crippen LogP contribution < -0.4 is 30.4 Å². The minimum Gasteiger partial charge on any atom is -0.311 e. The lowest BCUT2D eigenvalue weighted by atomic mass is 9.36. The zero-order chi connectivity index (χ0) is 55.5. The minimum absolute atomic E-state index is 0.00719. The van der Waals surface area contributed by atoms with E-state index in [0.29, 0.717) is 0 Å². The van der Waals surface area contributed by atoms with E-state index in [-0.39, 0.29) is 33.8 Å². The number of benzene rings is 7. The Morgan fingerprint density at radius 2 is 1.23 bits per heavy atom. The van der Waals surface area contributed by atoms with Gasteiger partial charge in [-0.1, -0.05) is 161 Å². The zero-order valence-corrected chi connectivity index (χ0v) is 50.8. The van der Waals surface area contributed by atoms with Gasteiger partial charge < -0.3 is 14.7 Å². The van der Waals surface area contributed by atoms with Gasteiger partial charge in [0.15, 0.2) is 0 Å². The van der Waals surface area contributed by atoms with Gasteiger partial charge in [0.1, 0.15) is 0 Å². The molecule has 6 heteroatoms. The van der Waals surface area contributed by atoms with Crippen molar-refractivity contribution in [1.29, 1.82) is 0 Å². The molecule has 79 heavy (non-hydrogen) atoms. The normalized spacial score (nSPS) is 17.4. The number of hydrogen-bond acceptors (Lipinski definition) is 5. The van der Waals surface area contributed by atoms with E-state index in [1.165, 1.54) is 132 Å². The first-order chi connectivity index (χ1) is 37.5. The summed E-state index contributed by atoms with van der Waals surface area (Å²) in [6, 6.07) is 50.5. The summed E-state index contributed by atoms with van der Waals surface area (Å²) in [5.41, 5.74) is 23.4. The highest BCUT2D eigenvalue weighted by Crippen LogP contribution is 2.56. The molecule has 0 saturated heterocycles. The molecule has 0 spiro atoms. The van der Waals surface area contributed by atoms with Crippen LogP contribution in [0.5, 0.6) is 0 Å². The molecule has 0 bridgehead atoms. The van der Waals surface area contributed by atoms with Gasteiger partial charge in [-0.25, -0.2) is 0 Å². The number of aryl methyl sites for hydroxylation is 1. The molecule has 13 rings (SSSR count). The summed E-state index contributed by atoms with van der Waals surface area (Å²) in [6.45, 7) is 37.8. The van der Waals surface area contributed by atoms with Crippen LogP contribution in [0, 0.1) is 6.92 Å². The van der Waals surface area contributed by atoms with Crippen LogP contribution in [-0.4, -0.2) is 6.71 Å². The summed E-state index contributed by atoms with van der Waals surface area (Å²) in [4.78, 5) is 7.97. The Morgan fingerprint density at radius 1 is 0.595 bits per heavy atom. The standard InChI is InChI=1S/C73H76BN3S2/c1-16-17-25-56(44(2)3)75(57-26-20-18-23-45(57)4)48-40-60-66-61(41-48)77(59-27-22-29-63-65(59)49-24-19-21-28-62(49)78-63)58-33-30-46(69(5,6)7)38-55(58)74(66)68-67(50-42-53-54(43-64(50)79-68)73(14,15)37-36-72(53,12)13)76(60)47-31-32-51-52(39-47)71(10,11)35-34-70(51,8)9/h16-33,38-43H,1,34-37H2,2-15H3/b25-17-. The number of hydrogen-bond donors (Lipinski definition) is 0. The van der Waals surface area contributed by atoms with Gasteiger partial charge in [-0.3, -0.25) is 0 Å². The average molecular weight is 1070 g/mol. The number of anilines is 8. The topological polar surface area (TPSA) is 9.72 Å². The molecule has 0 unspecified atom stereocenters. The van der Waals surface area contributed by atoms with Gasteiger partial charge >= 0.3 is 0 Å². The fourth-order valence-electron chi connectivity index (χ4n) is 14.2. The second kappa shape index (κ2) is 18.0. The number of thiophene rings is 2. The second-order valence-corrected chi connectivity index (χ2v) is 29.5. The molecule has 0 N–H and O–H groups in total. The molecule has 398 valence electrons. The number of allylic oxidation sites excluding steroid dienone is 4. The van der Waals surface area contributed by atoms with Gasteiger partial charge in [0.2, 0.25) is 0 Å². The van der Waals surface area contributed by atoms with Crippen LogP contribution in [0.2, 0.25) is 0 Å². The van der Waals surface area contributed by atoms with Crippen molar-refractivity contribution in [2.45, 2.75) is 150 Å². The van der Waals surface area contributed by atoms with E-state index >= 15 is 0 Å². The lowest BCUT2D eigenvalue weighted by Crippen LogP contribution is -2.60. The highest BCUT2D eigenvalue weighted by Gasteiger charge is 2.48. The van der Waals surface area contributed by atoms with Crippen molar-refractivity contribution < 1.29 is 0 Å². The Bertz CT molecular complexity index is 4100. The molecule has 0 saturated carbocycles. The Hall–Kier alpha value is -6.60. The monoisotopic (exact) mass is 1070 g/mol. The van der Waals surface area contributed by atoms with Gasteiger partial charge in [-0.2, -0.15) is 0 Å². The van der Waals surface area contributed by atoms with Crippen LogP contribution in [0.1, 0.15) is 149 Å². The molecular weight excluding hydrogens is 994 g/mol. The third kappa shape index (κ3) is 8.00. The quantitative estimate of drug-likeness (QED) is 0.116. The van der Waals surface area contributed by atoms with Crippen molar-refractivity contribution in [3.8, 4) is 0 Å². The van der Waals surface area contributed by atoms with E-state index in [4.69, 9.17) is 0 Å². The van der Waals surface area contributed by atoms with Crippen LogP contribution in [0.15, 0.2) is 163 Å². The van der Waals surface area contributed by atoms with Crippen LogP contribution in [-0.2, 0) is 27.1 Å². The zero-order valence-electron chi connectivity index (χ0n) is 49.1. The van der Waals surface area contributed by atoms with Crippen molar-refractivity contribution >= 4 is 121 Å². The van der Waals surface area contributed by atoms with Crippen molar-refractivity contribution in [2.75, 3.05) is 14.7 Å². The molecule has 9 aromatic rings. The Balaban J connectivity index is 1.24. The third-order valence-corrected chi connectivity index (χ3v) is 21.3. The maximum absolute atomic E-state index is 4.18. The van der Waals surface area contributed by atoms with Gasteiger partial charge in [0, 0.05) is 69.2 Å². The molecule has 4 aliphatic rings. The molecule has 3 nitrogen and oxygen atoms in total. The molecule has 2 aliphatic heterocycles. The summed E-state index contributed by atoms with van der Waals surface area (Å²) in [5, 5.41) is 3.95. The smallest absolute Gasteiger partial charge is 0.264 e. The molecular formula is C73H76BN3S2. The SMILES string of the molecule is C=C/C=C\C(=C(C)C)N(c1cc2c3c(c1)N(c1cccc4sc5ccccc5c14)c1ccc(C(C)(C)C)cc1B3c1sc3cc4c(cc3c1N2c1ccc2c(c1)C(C)(C)CCC2(C)C)C(C)(C)CCC4(C)C)c1ccccc1C. The molecule has 0 amide bonds. The lowest BCUT2D eigenvalue weighted by molar-refractivity contribution is 0.332. The predicted molar refractivity (Wildman–Crippen MR) is 349 cm³/mol. The van der Waals surface area contributed by atoms with E-state index < -0.39 is 0 Å². The lowest BCUT2D eigenvalue weighted by Gasteiger charge is -2.46. The first kappa shape index (κ1) is 51.8. The Labute approximate surface area is 479 Å². The molecule has 0 atom stereocenters. The van der Waals surface area contributed by atoms with E-state index in [1.807, 2.05) is 17.4 Å². The molecule has 2 aliphatic carbocycles. The van der Waals surface area contributed by atoms with Crippen molar-refractivity contribution in [3.63, 3.8) is 0 Å². The van der Waals surface area contributed by atoms with Crippen LogP contribution in [0.4, 0.5) is 45.5 Å². The van der Waals surface area contributed by atoms with E-state index in [1.54, 1.807) is 0 Å².